The molecule has 1 aromatic rings. The monoisotopic (exact) mass is 209 g/mol. The number of rotatable bonds is 1. The fraction of sp³-hybridized carbons (Fsp3) is 0.333. The molecular weight excluding hydrogens is 198 g/mol. The number of aromatic nitrogens is 2. The summed E-state index contributed by atoms with van der Waals surface area (Å²) in [7, 11) is 1.13. The molecule has 1 rings (SSSR count). The van der Waals surface area contributed by atoms with E-state index < -0.39 is 11.9 Å². The molecule has 1 heterocycles. The predicted octanol–water partition coefficient (Wildman–Crippen LogP) is 0.205. The van der Waals surface area contributed by atoms with Crippen molar-refractivity contribution in [2.45, 2.75) is 13.8 Å². The van der Waals surface area contributed by atoms with Crippen molar-refractivity contribution in [1.29, 1.82) is 0 Å². The number of nitrogens with one attached hydrogen (secondary N) is 1. The average Bonchev–Trinajstić information content (AvgIpc) is 2.14. The summed E-state index contributed by atoms with van der Waals surface area (Å²) in [5.74, 6) is -1.76. The fourth-order valence-corrected chi connectivity index (χ4v) is 1.03. The molecule has 6 nitrogen and oxygen atoms in total. The van der Waals surface area contributed by atoms with E-state index >= 15 is 0 Å². The summed E-state index contributed by atoms with van der Waals surface area (Å²) in [6.07, 6.45) is 0. The molecule has 0 aliphatic carbocycles. The standard InChI is InChI=1S/C9H11N3O3/c1-5-4-6(2)11-9(10-5)12-7(13)8(14)15-3/h4H,1-3H3,(H,10,11,12,13). The van der Waals surface area contributed by atoms with E-state index in [2.05, 4.69) is 20.0 Å². The van der Waals surface area contributed by atoms with Gasteiger partial charge in [-0.15, -0.1) is 0 Å². The van der Waals surface area contributed by atoms with Gasteiger partial charge in [-0.2, -0.15) is 0 Å². The second-order valence-electron chi connectivity index (χ2n) is 2.92. The Hall–Kier alpha value is -1.98. The van der Waals surface area contributed by atoms with Gasteiger partial charge < -0.3 is 4.74 Å². The number of hydrogen-bond donors (Lipinski definition) is 1. The molecular formula is C9H11N3O3. The fourth-order valence-electron chi connectivity index (χ4n) is 1.03. The number of aryl methyl sites for hydroxylation is 2. The van der Waals surface area contributed by atoms with Gasteiger partial charge >= 0.3 is 11.9 Å². The molecule has 0 aromatic carbocycles. The molecule has 0 unspecified atom stereocenters. The van der Waals surface area contributed by atoms with E-state index in [9.17, 15) is 9.59 Å². The molecule has 0 spiro atoms. The Balaban J connectivity index is 2.81. The van der Waals surface area contributed by atoms with Gasteiger partial charge in [-0.25, -0.2) is 14.8 Å². The molecule has 0 atom stereocenters. The molecule has 1 amide bonds. The summed E-state index contributed by atoms with van der Waals surface area (Å²) in [5, 5.41) is 2.24. The van der Waals surface area contributed by atoms with Crippen LogP contribution in [0.4, 0.5) is 5.95 Å². The number of hydrogen-bond acceptors (Lipinski definition) is 5. The highest BCUT2D eigenvalue weighted by molar-refractivity contribution is 6.37. The molecule has 0 bridgehead atoms. The van der Waals surface area contributed by atoms with Crippen molar-refractivity contribution in [3.05, 3.63) is 17.5 Å². The summed E-state index contributed by atoms with van der Waals surface area (Å²) in [4.78, 5) is 29.8. The summed E-state index contributed by atoms with van der Waals surface area (Å²) in [6, 6.07) is 1.76. The predicted molar refractivity (Wildman–Crippen MR) is 52.2 cm³/mol. The smallest absolute Gasteiger partial charge is 0.396 e. The molecule has 0 saturated heterocycles. The van der Waals surface area contributed by atoms with Crippen molar-refractivity contribution in [3.8, 4) is 0 Å². The SMILES string of the molecule is COC(=O)C(=O)Nc1nc(C)cc(C)n1. The van der Waals surface area contributed by atoms with Crippen LogP contribution < -0.4 is 5.32 Å². The lowest BCUT2D eigenvalue weighted by atomic mass is 10.4. The van der Waals surface area contributed by atoms with Gasteiger partial charge in [-0.3, -0.25) is 10.1 Å². The van der Waals surface area contributed by atoms with Crippen molar-refractivity contribution in [2.24, 2.45) is 0 Å². The Bertz CT molecular complexity index is 383. The van der Waals surface area contributed by atoms with Crippen LogP contribution in [0.2, 0.25) is 0 Å². The quantitative estimate of drug-likeness (QED) is 0.528. The maximum absolute atomic E-state index is 11.1. The molecule has 0 saturated carbocycles. The third-order valence-corrected chi connectivity index (χ3v) is 1.58. The van der Waals surface area contributed by atoms with E-state index in [4.69, 9.17) is 0 Å². The van der Waals surface area contributed by atoms with Crippen molar-refractivity contribution in [3.63, 3.8) is 0 Å². The minimum atomic E-state index is -0.974. The van der Waals surface area contributed by atoms with Crippen LogP contribution in [0.1, 0.15) is 11.4 Å². The second-order valence-corrected chi connectivity index (χ2v) is 2.92. The van der Waals surface area contributed by atoms with Crippen LogP contribution in [0, 0.1) is 13.8 Å². The van der Waals surface area contributed by atoms with Crippen LogP contribution >= 0.6 is 0 Å². The number of esters is 1. The third-order valence-electron chi connectivity index (χ3n) is 1.58. The maximum atomic E-state index is 11.1. The average molecular weight is 209 g/mol. The number of carbonyl (C=O) groups excluding carboxylic acids is 2. The number of methoxy groups -OCH3 is 1. The zero-order valence-corrected chi connectivity index (χ0v) is 8.70. The Kier molecular flexibility index (Phi) is 3.33. The molecule has 80 valence electrons. The maximum Gasteiger partial charge on any atom is 0.396 e. The highest BCUT2D eigenvalue weighted by atomic mass is 16.5. The number of carbonyl (C=O) groups is 2. The van der Waals surface area contributed by atoms with E-state index in [0.717, 1.165) is 7.11 Å². The summed E-state index contributed by atoms with van der Waals surface area (Å²) < 4.78 is 4.24. The van der Waals surface area contributed by atoms with Crippen LogP contribution in [-0.2, 0) is 14.3 Å². The number of anilines is 1. The van der Waals surface area contributed by atoms with Crippen LogP contribution in [0.5, 0.6) is 0 Å². The van der Waals surface area contributed by atoms with Gasteiger partial charge in [0.2, 0.25) is 5.95 Å². The van der Waals surface area contributed by atoms with Crippen molar-refractivity contribution < 1.29 is 14.3 Å². The molecule has 0 fully saturated rings. The lowest BCUT2D eigenvalue weighted by Crippen LogP contribution is -2.25. The first-order valence-electron chi connectivity index (χ1n) is 4.24. The highest BCUT2D eigenvalue weighted by Gasteiger charge is 2.15. The van der Waals surface area contributed by atoms with Gasteiger partial charge in [0.05, 0.1) is 7.11 Å². The van der Waals surface area contributed by atoms with Crippen LogP contribution in [0.3, 0.4) is 0 Å². The van der Waals surface area contributed by atoms with Gasteiger partial charge in [0.25, 0.3) is 0 Å². The first kappa shape index (κ1) is 11.1. The number of ether oxygens (including phenoxy) is 1. The van der Waals surface area contributed by atoms with Crippen molar-refractivity contribution in [2.75, 3.05) is 12.4 Å². The Morgan fingerprint density at radius 3 is 2.27 bits per heavy atom. The van der Waals surface area contributed by atoms with Crippen molar-refractivity contribution in [1.82, 2.24) is 9.97 Å². The number of nitrogens with zero attached hydrogens (tertiary/aromatic N) is 2. The molecule has 0 radical (unpaired) electrons. The van der Waals surface area contributed by atoms with Crippen molar-refractivity contribution >= 4 is 17.8 Å². The van der Waals surface area contributed by atoms with E-state index in [1.165, 1.54) is 0 Å². The van der Waals surface area contributed by atoms with Gasteiger partial charge in [0.1, 0.15) is 0 Å². The number of amides is 1. The summed E-state index contributed by atoms with van der Waals surface area (Å²) in [6.45, 7) is 3.53. The minimum Gasteiger partial charge on any atom is -0.462 e. The topological polar surface area (TPSA) is 81.2 Å². The lowest BCUT2D eigenvalue weighted by Gasteiger charge is -2.03. The Morgan fingerprint density at radius 1 is 1.27 bits per heavy atom. The molecule has 1 aromatic heterocycles. The highest BCUT2D eigenvalue weighted by Crippen LogP contribution is 2.03. The third kappa shape index (κ3) is 3.01. The van der Waals surface area contributed by atoms with Gasteiger partial charge in [-0.05, 0) is 19.9 Å². The zero-order chi connectivity index (χ0) is 11.4. The Morgan fingerprint density at radius 2 is 1.80 bits per heavy atom. The molecule has 15 heavy (non-hydrogen) atoms. The van der Waals surface area contributed by atoms with Gasteiger partial charge in [0, 0.05) is 11.4 Å². The minimum absolute atomic E-state index is 0.0999. The first-order valence-corrected chi connectivity index (χ1v) is 4.24. The normalized spacial score (nSPS) is 9.53. The summed E-state index contributed by atoms with van der Waals surface area (Å²) in [5.41, 5.74) is 1.42. The first-order chi connectivity index (χ1) is 7.02. The zero-order valence-electron chi connectivity index (χ0n) is 8.70. The van der Waals surface area contributed by atoms with E-state index in [0.29, 0.717) is 11.4 Å². The lowest BCUT2D eigenvalue weighted by molar-refractivity contribution is -0.150. The molecule has 1 N–H and O–H groups in total. The van der Waals surface area contributed by atoms with Crippen LogP contribution in [-0.4, -0.2) is 29.0 Å². The largest absolute Gasteiger partial charge is 0.462 e. The van der Waals surface area contributed by atoms with E-state index in [-0.39, 0.29) is 5.95 Å². The molecule has 0 aliphatic rings. The van der Waals surface area contributed by atoms with E-state index in [1.54, 1.807) is 19.9 Å². The van der Waals surface area contributed by atoms with Gasteiger partial charge in [-0.1, -0.05) is 0 Å². The Labute approximate surface area is 86.7 Å². The molecule has 6 heteroatoms. The van der Waals surface area contributed by atoms with Crippen LogP contribution in [0.25, 0.3) is 0 Å². The second kappa shape index (κ2) is 4.50. The molecule has 0 aliphatic heterocycles. The van der Waals surface area contributed by atoms with Gasteiger partial charge in [0.15, 0.2) is 0 Å². The van der Waals surface area contributed by atoms with Crippen LogP contribution in [0.15, 0.2) is 6.07 Å². The van der Waals surface area contributed by atoms with E-state index in [1.807, 2.05) is 0 Å². The summed E-state index contributed by atoms with van der Waals surface area (Å²) >= 11 is 0.